The molecule has 6 nitrogen and oxygen atoms in total. The quantitative estimate of drug-likeness (QED) is 0.676. The molecule has 23 heavy (non-hydrogen) atoms. The van der Waals surface area contributed by atoms with Crippen molar-refractivity contribution in [3.05, 3.63) is 17.2 Å². The monoisotopic (exact) mass is 342 g/mol. The molecule has 2 N–H and O–H groups in total. The van der Waals surface area contributed by atoms with Crippen molar-refractivity contribution in [3.8, 4) is 11.5 Å². The molecule has 1 aromatic rings. The van der Waals surface area contributed by atoms with Gasteiger partial charge in [-0.25, -0.2) is 0 Å². The van der Waals surface area contributed by atoms with Gasteiger partial charge in [0.2, 0.25) is 11.8 Å². The molecule has 0 spiro atoms. The number of hydrogen-bond acceptors (Lipinski definition) is 4. The first kappa shape index (κ1) is 19.1. The van der Waals surface area contributed by atoms with Gasteiger partial charge in [-0.15, -0.1) is 0 Å². The SMILES string of the molecule is COc1cc(OC)c(NC(=O)CCCCCNC(C)=O)cc1Cl. The number of benzene rings is 1. The molecule has 0 fully saturated rings. The Bertz CT molecular complexity index is 549. The first-order valence-electron chi connectivity index (χ1n) is 7.43. The molecule has 7 heteroatoms. The maximum Gasteiger partial charge on any atom is 0.224 e. The van der Waals surface area contributed by atoms with E-state index in [4.69, 9.17) is 21.1 Å². The van der Waals surface area contributed by atoms with Gasteiger partial charge in [0.05, 0.1) is 24.9 Å². The predicted octanol–water partition coefficient (Wildman–Crippen LogP) is 2.99. The van der Waals surface area contributed by atoms with Crippen LogP contribution in [0.15, 0.2) is 12.1 Å². The summed E-state index contributed by atoms with van der Waals surface area (Å²) in [5, 5.41) is 5.91. The Hall–Kier alpha value is -1.95. The van der Waals surface area contributed by atoms with Crippen molar-refractivity contribution >= 4 is 29.1 Å². The molecule has 0 atom stereocenters. The van der Waals surface area contributed by atoms with E-state index < -0.39 is 0 Å². The van der Waals surface area contributed by atoms with Gasteiger partial charge < -0.3 is 20.1 Å². The summed E-state index contributed by atoms with van der Waals surface area (Å²) in [4.78, 5) is 22.7. The summed E-state index contributed by atoms with van der Waals surface area (Å²) in [5.74, 6) is 0.833. The smallest absolute Gasteiger partial charge is 0.224 e. The van der Waals surface area contributed by atoms with Crippen LogP contribution in [0.5, 0.6) is 11.5 Å². The molecule has 0 radical (unpaired) electrons. The number of carbonyl (C=O) groups is 2. The van der Waals surface area contributed by atoms with Gasteiger partial charge in [-0.2, -0.15) is 0 Å². The van der Waals surface area contributed by atoms with Crippen LogP contribution in [-0.2, 0) is 9.59 Å². The average molecular weight is 343 g/mol. The molecule has 0 aliphatic rings. The number of carbonyl (C=O) groups excluding carboxylic acids is 2. The summed E-state index contributed by atoms with van der Waals surface area (Å²) in [6.07, 6.45) is 2.86. The Morgan fingerprint density at radius 1 is 1.09 bits per heavy atom. The molecule has 0 saturated heterocycles. The fraction of sp³-hybridized carbons (Fsp3) is 0.500. The highest BCUT2D eigenvalue weighted by Crippen LogP contribution is 2.35. The number of halogens is 1. The molecule has 0 heterocycles. The van der Waals surface area contributed by atoms with Gasteiger partial charge in [0.25, 0.3) is 0 Å². The fourth-order valence-electron chi connectivity index (χ4n) is 2.02. The Balaban J connectivity index is 2.45. The van der Waals surface area contributed by atoms with Crippen molar-refractivity contribution in [2.75, 3.05) is 26.1 Å². The van der Waals surface area contributed by atoms with Gasteiger partial charge in [-0.05, 0) is 18.9 Å². The van der Waals surface area contributed by atoms with Gasteiger partial charge >= 0.3 is 0 Å². The van der Waals surface area contributed by atoms with E-state index in [1.54, 1.807) is 12.1 Å². The summed E-state index contributed by atoms with van der Waals surface area (Å²) >= 11 is 6.06. The zero-order valence-electron chi connectivity index (χ0n) is 13.7. The molecule has 0 bridgehead atoms. The molecule has 2 amide bonds. The van der Waals surface area contributed by atoms with Crippen LogP contribution in [0.3, 0.4) is 0 Å². The van der Waals surface area contributed by atoms with E-state index in [2.05, 4.69) is 10.6 Å². The van der Waals surface area contributed by atoms with Crippen molar-refractivity contribution in [2.45, 2.75) is 32.6 Å². The van der Waals surface area contributed by atoms with E-state index in [0.29, 0.717) is 35.2 Å². The Morgan fingerprint density at radius 3 is 2.39 bits per heavy atom. The van der Waals surface area contributed by atoms with Crippen LogP contribution in [0.25, 0.3) is 0 Å². The molecular formula is C16H23ClN2O4. The first-order chi connectivity index (χ1) is 11.0. The molecule has 1 rings (SSSR count). The van der Waals surface area contributed by atoms with Crippen LogP contribution in [0.2, 0.25) is 5.02 Å². The topological polar surface area (TPSA) is 76.7 Å². The van der Waals surface area contributed by atoms with Crippen molar-refractivity contribution < 1.29 is 19.1 Å². The number of hydrogen-bond donors (Lipinski definition) is 2. The maximum absolute atomic E-state index is 12.0. The van der Waals surface area contributed by atoms with Crippen LogP contribution in [0, 0.1) is 0 Å². The lowest BCUT2D eigenvalue weighted by molar-refractivity contribution is -0.119. The number of amides is 2. The van der Waals surface area contributed by atoms with Gasteiger partial charge in [0.1, 0.15) is 11.5 Å². The summed E-state index contributed by atoms with van der Waals surface area (Å²) in [7, 11) is 3.03. The lowest BCUT2D eigenvalue weighted by Crippen LogP contribution is -2.20. The van der Waals surface area contributed by atoms with E-state index >= 15 is 0 Å². The van der Waals surface area contributed by atoms with Gasteiger partial charge in [-0.1, -0.05) is 18.0 Å². The maximum atomic E-state index is 12.0. The van der Waals surface area contributed by atoms with Crippen molar-refractivity contribution in [2.24, 2.45) is 0 Å². The van der Waals surface area contributed by atoms with Gasteiger partial charge in [-0.3, -0.25) is 9.59 Å². The number of nitrogens with one attached hydrogen (secondary N) is 2. The summed E-state index contributed by atoms with van der Waals surface area (Å²) in [5.41, 5.74) is 0.515. The van der Waals surface area contributed by atoms with E-state index in [0.717, 1.165) is 19.3 Å². The largest absolute Gasteiger partial charge is 0.495 e. The second-order valence-electron chi connectivity index (χ2n) is 5.03. The van der Waals surface area contributed by atoms with E-state index in [-0.39, 0.29) is 11.8 Å². The highest BCUT2D eigenvalue weighted by atomic mass is 35.5. The third-order valence-electron chi connectivity index (χ3n) is 3.20. The van der Waals surface area contributed by atoms with Crippen molar-refractivity contribution in [3.63, 3.8) is 0 Å². The molecular weight excluding hydrogens is 320 g/mol. The summed E-state index contributed by atoms with van der Waals surface area (Å²) in [6.45, 7) is 2.12. The van der Waals surface area contributed by atoms with Crippen LogP contribution in [0.4, 0.5) is 5.69 Å². The number of methoxy groups -OCH3 is 2. The Labute approximate surface area is 141 Å². The number of unbranched alkanes of at least 4 members (excludes halogenated alkanes) is 2. The number of ether oxygens (including phenoxy) is 2. The molecule has 0 unspecified atom stereocenters. The lowest BCUT2D eigenvalue weighted by Gasteiger charge is -2.13. The van der Waals surface area contributed by atoms with Crippen LogP contribution in [-0.4, -0.2) is 32.6 Å². The predicted molar refractivity (Wildman–Crippen MR) is 90.3 cm³/mol. The average Bonchev–Trinajstić information content (AvgIpc) is 2.50. The van der Waals surface area contributed by atoms with Gasteiger partial charge in [0.15, 0.2) is 0 Å². The van der Waals surface area contributed by atoms with Crippen LogP contribution < -0.4 is 20.1 Å². The standard InChI is InChI=1S/C16H23ClN2O4/c1-11(20)18-8-6-4-5-7-16(21)19-13-9-12(17)14(22-2)10-15(13)23-3/h9-10H,4-8H2,1-3H3,(H,18,20)(H,19,21). The molecule has 0 aliphatic heterocycles. The molecule has 0 aromatic heterocycles. The normalized spacial score (nSPS) is 10.1. The first-order valence-corrected chi connectivity index (χ1v) is 7.81. The molecule has 0 saturated carbocycles. The van der Waals surface area contributed by atoms with Gasteiger partial charge in [0, 0.05) is 26.0 Å². The Kier molecular flexibility index (Phi) is 8.26. The third-order valence-corrected chi connectivity index (χ3v) is 3.50. The van der Waals surface area contributed by atoms with Crippen molar-refractivity contribution in [1.82, 2.24) is 5.32 Å². The van der Waals surface area contributed by atoms with E-state index in [9.17, 15) is 9.59 Å². The molecule has 1 aromatic carbocycles. The minimum Gasteiger partial charge on any atom is -0.495 e. The zero-order valence-corrected chi connectivity index (χ0v) is 14.5. The lowest BCUT2D eigenvalue weighted by atomic mass is 10.2. The number of rotatable bonds is 9. The highest BCUT2D eigenvalue weighted by Gasteiger charge is 2.12. The zero-order chi connectivity index (χ0) is 17.2. The second-order valence-corrected chi connectivity index (χ2v) is 5.44. The Morgan fingerprint density at radius 2 is 1.78 bits per heavy atom. The summed E-state index contributed by atoms with van der Waals surface area (Å²) < 4.78 is 10.3. The van der Waals surface area contributed by atoms with Crippen LogP contribution in [0.1, 0.15) is 32.6 Å². The molecule has 0 aliphatic carbocycles. The fourth-order valence-corrected chi connectivity index (χ4v) is 2.26. The second kappa shape index (κ2) is 9.94. The summed E-state index contributed by atoms with van der Waals surface area (Å²) in [6, 6.07) is 3.24. The molecule has 128 valence electrons. The minimum absolute atomic E-state index is 0.0359. The van der Waals surface area contributed by atoms with Crippen LogP contribution >= 0.6 is 11.6 Å². The minimum atomic E-state index is -0.107. The third kappa shape index (κ3) is 6.78. The van der Waals surface area contributed by atoms with E-state index in [1.165, 1.54) is 21.1 Å². The van der Waals surface area contributed by atoms with E-state index in [1.807, 2.05) is 0 Å². The number of anilines is 1. The van der Waals surface area contributed by atoms with Crippen molar-refractivity contribution in [1.29, 1.82) is 0 Å². The highest BCUT2D eigenvalue weighted by molar-refractivity contribution is 6.32.